The van der Waals surface area contributed by atoms with Crippen LogP contribution in [0.1, 0.15) is 18.2 Å². The number of aliphatic hydroxyl groups is 2. The van der Waals surface area contributed by atoms with Gasteiger partial charge < -0.3 is 29.3 Å². The maximum absolute atomic E-state index is 10.8. The number of imidazole rings is 1. The average Bonchev–Trinajstić information content (AvgIpc) is 2.90. The normalized spacial score (nSPS) is 13.6. The Morgan fingerprint density at radius 1 is 1.22 bits per heavy atom. The number of hydrogen-bond acceptors (Lipinski definition) is 7. The van der Waals surface area contributed by atoms with E-state index >= 15 is 0 Å². The topological polar surface area (TPSA) is 151 Å². The zero-order chi connectivity index (χ0) is 16.9. The molecule has 1 atom stereocenters. The van der Waals surface area contributed by atoms with Gasteiger partial charge in [-0.15, -0.1) is 0 Å². The lowest BCUT2D eigenvalue weighted by molar-refractivity contribution is 0.112. The average molecular weight is 346 g/mol. The molecule has 128 valence electrons. The Labute approximate surface area is 131 Å². The van der Waals surface area contributed by atoms with Crippen molar-refractivity contribution in [1.82, 2.24) is 19.5 Å². The van der Waals surface area contributed by atoms with Crippen molar-refractivity contribution in [2.75, 3.05) is 26.2 Å². The third-order valence-corrected chi connectivity index (χ3v) is 3.73. The second-order valence-electron chi connectivity index (χ2n) is 4.95. The van der Waals surface area contributed by atoms with Gasteiger partial charge in [-0.3, -0.25) is 4.57 Å². The number of fused-ring (bicyclic) bond motifs is 1. The monoisotopic (exact) mass is 346 g/mol. The van der Waals surface area contributed by atoms with Gasteiger partial charge in [-0.05, 0) is 6.42 Å². The molecular weight excluding hydrogens is 327 g/mol. The van der Waals surface area contributed by atoms with Gasteiger partial charge in [-0.1, -0.05) is 0 Å². The zero-order valence-corrected chi connectivity index (χ0v) is 13.2. The van der Waals surface area contributed by atoms with E-state index in [0.717, 1.165) is 0 Å². The van der Waals surface area contributed by atoms with E-state index < -0.39 is 13.9 Å². The van der Waals surface area contributed by atoms with E-state index in [0.29, 0.717) is 29.7 Å². The van der Waals surface area contributed by atoms with Crippen molar-refractivity contribution in [2.45, 2.75) is 18.9 Å². The molecule has 0 amide bonds. The van der Waals surface area contributed by atoms with Crippen molar-refractivity contribution in [1.29, 1.82) is 0 Å². The second kappa shape index (κ2) is 7.91. The maximum Gasteiger partial charge on any atom is 0.350 e. The summed E-state index contributed by atoms with van der Waals surface area (Å²) in [7, 11) is -4.25. The highest BCUT2D eigenvalue weighted by molar-refractivity contribution is 7.51. The second-order valence-corrected chi connectivity index (χ2v) is 6.54. The van der Waals surface area contributed by atoms with Crippen LogP contribution in [-0.2, 0) is 15.7 Å². The molecule has 0 aliphatic rings. The molecule has 1 unspecified atom stereocenters. The van der Waals surface area contributed by atoms with Crippen LogP contribution in [0.2, 0.25) is 0 Å². The Morgan fingerprint density at radius 2 is 2.00 bits per heavy atom. The molecule has 2 rings (SSSR count). The summed E-state index contributed by atoms with van der Waals surface area (Å²) in [5, 5.41) is 18.2. The molecule has 0 aromatic carbocycles. The van der Waals surface area contributed by atoms with Gasteiger partial charge in [0.05, 0.1) is 24.7 Å². The molecule has 2 heterocycles. The van der Waals surface area contributed by atoms with Gasteiger partial charge in [0.25, 0.3) is 0 Å². The Morgan fingerprint density at radius 3 is 2.65 bits per heavy atom. The first-order valence-electron chi connectivity index (χ1n) is 6.96. The van der Waals surface area contributed by atoms with Gasteiger partial charge >= 0.3 is 7.60 Å². The minimum Gasteiger partial charge on any atom is -0.396 e. The highest BCUT2D eigenvalue weighted by Gasteiger charge is 2.19. The standard InChI is InChI=1S/C12H19N4O6P/c17-3-1-9(5-22-8-23(19,20)21)16-7-15-11-10(2-4-18)13-6-14-12(11)16/h6-7,9,17-18H,1-5,8H2,(H2,19,20,21). The predicted molar refractivity (Wildman–Crippen MR) is 79.7 cm³/mol. The van der Waals surface area contributed by atoms with E-state index in [1.807, 2.05) is 0 Å². The number of ether oxygens (including phenoxy) is 1. The number of rotatable bonds is 9. The summed E-state index contributed by atoms with van der Waals surface area (Å²) >= 11 is 0. The van der Waals surface area contributed by atoms with Gasteiger partial charge in [0.2, 0.25) is 0 Å². The SMILES string of the molecule is O=P(O)(O)COCC(CCO)n1cnc2c(CCO)ncnc21. The van der Waals surface area contributed by atoms with Crippen LogP contribution in [0, 0.1) is 0 Å². The van der Waals surface area contributed by atoms with Gasteiger partial charge in [0.15, 0.2) is 5.65 Å². The number of nitrogens with zero attached hydrogens (tertiary/aromatic N) is 4. The summed E-state index contributed by atoms with van der Waals surface area (Å²) in [5.74, 6) is 0. The van der Waals surface area contributed by atoms with Crippen molar-refractivity contribution in [3.05, 3.63) is 18.3 Å². The van der Waals surface area contributed by atoms with Crippen LogP contribution in [-0.4, -0.2) is 65.7 Å². The van der Waals surface area contributed by atoms with Gasteiger partial charge in [0.1, 0.15) is 18.2 Å². The number of hydrogen-bond donors (Lipinski definition) is 4. The minimum atomic E-state index is -4.25. The lowest BCUT2D eigenvalue weighted by atomic mass is 10.2. The molecule has 0 bridgehead atoms. The Bertz CT molecular complexity index is 687. The lowest BCUT2D eigenvalue weighted by Gasteiger charge is -2.18. The van der Waals surface area contributed by atoms with Crippen LogP contribution >= 0.6 is 7.60 Å². The van der Waals surface area contributed by atoms with Crippen LogP contribution in [0.4, 0.5) is 0 Å². The molecule has 23 heavy (non-hydrogen) atoms. The van der Waals surface area contributed by atoms with E-state index in [4.69, 9.17) is 19.6 Å². The fraction of sp³-hybridized carbons (Fsp3) is 0.583. The van der Waals surface area contributed by atoms with E-state index in [-0.39, 0.29) is 25.9 Å². The first kappa shape index (κ1) is 17.9. The fourth-order valence-corrected chi connectivity index (χ4v) is 2.56. The maximum atomic E-state index is 10.8. The fourth-order valence-electron chi connectivity index (χ4n) is 2.22. The van der Waals surface area contributed by atoms with Crippen LogP contribution in [0.15, 0.2) is 12.7 Å². The van der Waals surface area contributed by atoms with Gasteiger partial charge in [0, 0.05) is 19.6 Å². The predicted octanol–water partition coefficient (Wildman–Crippen LogP) is -0.564. The largest absolute Gasteiger partial charge is 0.396 e. The Kier molecular flexibility index (Phi) is 6.17. The molecule has 2 aromatic heterocycles. The van der Waals surface area contributed by atoms with Crippen LogP contribution in [0.3, 0.4) is 0 Å². The molecule has 0 fully saturated rings. The summed E-state index contributed by atoms with van der Waals surface area (Å²) in [4.78, 5) is 30.1. The molecule has 10 nitrogen and oxygen atoms in total. The van der Waals surface area contributed by atoms with Crippen LogP contribution in [0.5, 0.6) is 0 Å². The van der Waals surface area contributed by atoms with Crippen molar-refractivity contribution in [2.24, 2.45) is 0 Å². The summed E-state index contributed by atoms with van der Waals surface area (Å²) in [5.41, 5.74) is 1.66. The van der Waals surface area contributed by atoms with Gasteiger partial charge in [-0.2, -0.15) is 0 Å². The van der Waals surface area contributed by atoms with Gasteiger partial charge in [-0.25, -0.2) is 15.0 Å². The van der Waals surface area contributed by atoms with Crippen molar-refractivity contribution in [3.8, 4) is 0 Å². The first-order valence-corrected chi connectivity index (χ1v) is 8.76. The molecule has 0 saturated carbocycles. The number of aliphatic hydroxyl groups excluding tert-OH is 2. The van der Waals surface area contributed by atoms with Crippen LogP contribution < -0.4 is 0 Å². The molecule has 0 spiro atoms. The van der Waals surface area contributed by atoms with Crippen LogP contribution in [0.25, 0.3) is 11.2 Å². The molecule has 0 aliphatic heterocycles. The Balaban J connectivity index is 2.23. The zero-order valence-electron chi connectivity index (χ0n) is 12.3. The molecule has 11 heteroatoms. The molecule has 2 aromatic rings. The highest BCUT2D eigenvalue weighted by Crippen LogP contribution is 2.34. The molecule has 0 saturated heterocycles. The van der Waals surface area contributed by atoms with E-state index in [9.17, 15) is 9.67 Å². The third kappa shape index (κ3) is 4.77. The molecule has 0 aliphatic carbocycles. The first-order chi connectivity index (χ1) is 11.0. The molecular formula is C12H19N4O6P. The smallest absolute Gasteiger partial charge is 0.350 e. The third-order valence-electron chi connectivity index (χ3n) is 3.21. The van der Waals surface area contributed by atoms with E-state index in [2.05, 4.69) is 15.0 Å². The minimum absolute atomic E-state index is 0.00351. The summed E-state index contributed by atoms with van der Waals surface area (Å²) in [6.45, 7) is -0.195. The number of aromatic nitrogens is 4. The summed E-state index contributed by atoms with van der Waals surface area (Å²) in [6.07, 6.45) is 2.84. The molecule has 0 radical (unpaired) electrons. The molecule has 4 N–H and O–H groups in total. The Hall–Kier alpha value is -1.42. The summed E-state index contributed by atoms with van der Waals surface area (Å²) in [6, 6.07) is -0.381. The van der Waals surface area contributed by atoms with E-state index in [1.165, 1.54) is 12.7 Å². The van der Waals surface area contributed by atoms with E-state index in [1.54, 1.807) is 4.57 Å². The van der Waals surface area contributed by atoms with Crippen molar-refractivity contribution >= 4 is 18.8 Å². The lowest BCUT2D eigenvalue weighted by Crippen LogP contribution is -2.17. The van der Waals surface area contributed by atoms with Crippen molar-refractivity contribution < 1.29 is 29.3 Å². The highest BCUT2D eigenvalue weighted by atomic mass is 31.2. The summed E-state index contributed by atoms with van der Waals surface area (Å²) < 4.78 is 17.6. The van der Waals surface area contributed by atoms with Crippen molar-refractivity contribution in [3.63, 3.8) is 0 Å². The quantitative estimate of drug-likeness (QED) is 0.438.